The lowest BCUT2D eigenvalue weighted by Crippen LogP contribution is -2.38. The van der Waals surface area contributed by atoms with Gasteiger partial charge in [-0.2, -0.15) is 0 Å². The molecule has 5 N–H and O–H groups in total. The number of fused-ring (bicyclic) bond motifs is 2. The van der Waals surface area contributed by atoms with Gasteiger partial charge in [0.1, 0.15) is 0 Å². The third kappa shape index (κ3) is 18.0. The number of nitrogens with zero attached hydrogens (tertiary/aromatic N) is 2. The molecule has 3 atom stereocenters. The van der Waals surface area contributed by atoms with Crippen LogP contribution in [0.2, 0.25) is 20.1 Å². The second-order valence-corrected chi connectivity index (χ2v) is 25.0. The van der Waals surface area contributed by atoms with E-state index in [1.165, 1.54) is 0 Å². The van der Waals surface area contributed by atoms with Crippen LogP contribution in [0, 0.1) is 5.41 Å². The first-order valence-electron chi connectivity index (χ1n) is 26.3. The number of nitrogens with two attached hydrogens (primary N) is 1. The Balaban J connectivity index is 0.664. The van der Waals surface area contributed by atoms with Crippen molar-refractivity contribution in [2.75, 3.05) is 126 Å². The maximum atomic E-state index is 13.0. The summed E-state index contributed by atoms with van der Waals surface area (Å²) in [6.07, 6.45) is 5.49. The molecule has 3 unspecified atom stereocenters. The number of amides is 2. The van der Waals surface area contributed by atoms with Gasteiger partial charge in [-0.15, -0.1) is 0 Å². The SMILES string of the molecule is CN1Cc2c(Cl)cc(Cl)cc2C(c2ccc(S(=O)(=O)NCCOCCOCCOCCNC(=O)C3=CCC(CCOCCOCCOCCNS(=O)(=O)c4ccc(C5CN(C)Cc6c(Cl)cc(Cl)cc65)cc4)(C(N)=O)C=C3)cc2)C1. The lowest BCUT2D eigenvalue weighted by Gasteiger charge is -2.33. The summed E-state index contributed by atoms with van der Waals surface area (Å²) in [7, 11) is -3.47. The van der Waals surface area contributed by atoms with Gasteiger partial charge in [-0.25, -0.2) is 26.3 Å². The van der Waals surface area contributed by atoms with E-state index in [2.05, 4.69) is 24.6 Å². The highest BCUT2D eigenvalue weighted by Gasteiger charge is 2.35. The molecule has 80 heavy (non-hydrogen) atoms. The van der Waals surface area contributed by atoms with E-state index >= 15 is 0 Å². The van der Waals surface area contributed by atoms with Crippen LogP contribution in [0.25, 0.3) is 0 Å². The number of carbonyl (C=O) groups excluding carboxylic acids is 2. The number of primary amides is 1. The number of hydrogen-bond donors (Lipinski definition) is 4. The Morgan fingerprint density at radius 3 is 1.39 bits per heavy atom. The van der Waals surface area contributed by atoms with Crippen LogP contribution in [-0.4, -0.2) is 165 Å². The molecule has 0 saturated heterocycles. The van der Waals surface area contributed by atoms with E-state index < -0.39 is 31.4 Å². The number of carbonyl (C=O) groups is 2. The van der Waals surface area contributed by atoms with Crippen molar-refractivity contribution in [2.24, 2.45) is 11.1 Å². The Kier molecular flexibility index (Phi) is 24.2. The summed E-state index contributed by atoms with van der Waals surface area (Å²) in [5, 5.41) is 5.17. The van der Waals surface area contributed by atoms with Gasteiger partial charge in [0.05, 0.1) is 87.9 Å². The standard InChI is InChI=1S/C56H70Cl4N6O12S2/c1-65-35-48(46-31-42(57)33-52(59)50(46)37-65)39-3-7-44(8-4-39)79(69,70)63-17-21-75-25-29-77-27-23-73-19-15-56(55(61)68)13-11-41(12-14-56)54(67)62-16-20-74-24-28-78-30-26-76-22-18-64-80(71,72)45-9-5-40(6-10-45)49-36-66(2)38-51-47(49)32-43(58)34-53(51)60/h3-13,31-34,48-49,63-64H,14-30,35-38H2,1-2H3,(H2,61,68)(H,62,67). The van der Waals surface area contributed by atoms with Crippen LogP contribution in [0.5, 0.6) is 0 Å². The number of sulfonamides is 2. The van der Waals surface area contributed by atoms with Crippen LogP contribution in [-0.2, 0) is 71.1 Å². The van der Waals surface area contributed by atoms with Gasteiger partial charge in [0, 0.05) is 89.9 Å². The zero-order valence-electron chi connectivity index (χ0n) is 44.9. The van der Waals surface area contributed by atoms with Crippen LogP contribution < -0.4 is 20.5 Å². The van der Waals surface area contributed by atoms with Crippen LogP contribution in [0.15, 0.2) is 106 Å². The van der Waals surface area contributed by atoms with Gasteiger partial charge in [0.2, 0.25) is 26.0 Å². The highest BCUT2D eigenvalue weighted by Crippen LogP contribution is 2.40. The first-order chi connectivity index (χ1) is 38.4. The quantitative estimate of drug-likeness (QED) is 0.0375. The number of rotatable bonds is 32. The number of benzene rings is 4. The van der Waals surface area contributed by atoms with E-state index in [4.69, 9.17) is 80.6 Å². The average molecular weight is 1230 g/mol. The summed E-state index contributed by atoms with van der Waals surface area (Å²) in [5.74, 6) is -0.841. The fraction of sp³-hybridized carbons (Fsp3) is 0.464. The Labute approximate surface area is 489 Å². The highest BCUT2D eigenvalue weighted by atomic mass is 35.5. The van der Waals surface area contributed by atoms with E-state index in [-0.39, 0.29) is 120 Å². The van der Waals surface area contributed by atoms with E-state index in [0.29, 0.717) is 58.4 Å². The lowest BCUT2D eigenvalue weighted by molar-refractivity contribution is -0.126. The zero-order chi connectivity index (χ0) is 57.3. The smallest absolute Gasteiger partial charge is 0.251 e. The van der Waals surface area contributed by atoms with Crippen LogP contribution in [0.3, 0.4) is 0 Å². The van der Waals surface area contributed by atoms with Gasteiger partial charge >= 0.3 is 0 Å². The summed E-state index contributed by atoms with van der Waals surface area (Å²) in [5.41, 5.74) is 11.3. The van der Waals surface area contributed by atoms with Crippen molar-refractivity contribution in [3.63, 3.8) is 0 Å². The molecule has 7 rings (SSSR count). The molecule has 436 valence electrons. The molecular weight excluding hydrogens is 1150 g/mol. The minimum atomic E-state index is -3.76. The molecule has 0 bridgehead atoms. The molecule has 4 aromatic rings. The topological polar surface area (TPSA) is 226 Å². The fourth-order valence-electron chi connectivity index (χ4n) is 9.70. The molecule has 0 aromatic heterocycles. The molecule has 1 aliphatic carbocycles. The molecule has 0 spiro atoms. The third-order valence-electron chi connectivity index (χ3n) is 14.0. The van der Waals surface area contributed by atoms with E-state index in [1.807, 2.05) is 50.5 Å². The molecule has 2 amide bonds. The van der Waals surface area contributed by atoms with Crippen LogP contribution >= 0.6 is 46.4 Å². The molecule has 18 nitrogen and oxygen atoms in total. The third-order valence-corrected chi connectivity index (χ3v) is 18.0. The van der Waals surface area contributed by atoms with Crippen LogP contribution in [0.1, 0.15) is 58.1 Å². The van der Waals surface area contributed by atoms with Gasteiger partial charge < -0.3 is 49.3 Å². The van der Waals surface area contributed by atoms with Crippen molar-refractivity contribution in [3.05, 3.63) is 150 Å². The minimum absolute atomic E-state index is 0.00302. The Bertz CT molecular complexity index is 3030. The van der Waals surface area contributed by atoms with E-state index in [0.717, 1.165) is 46.5 Å². The van der Waals surface area contributed by atoms with Crippen molar-refractivity contribution in [3.8, 4) is 0 Å². The van der Waals surface area contributed by atoms with Crippen molar-refractivity contribution < 1.29 is 54.8 Å². The van der Waals surface area contributed by atoms with Crippen molar-refractivity contribution in [1.82, 2.24) is 24.6 Å². The number of halogens is 4. The zero-order valence-corrected chi connectivity index (χ0v) is 49.5. The molecule has 2 heterocycles. The number of allylic oxidation sites excluding steroid dienone is 1. The first-order valence-corrected chi connectivity index (χ1v) is 30.8. The number of hydrogen-bond acceptors (Lipinski definition) is 14. The van der Waals surface area contributed by atoms with Crippen molar-refractivity contribution in [1.29, 1.82) is 0 Å². The van der Waals surface area contributed by atoms with Gasteiger partial charge in [-0.3, -0.25) is 9.59 Å². The van der Waals surface area contributed by atoms with E-state index in [9.17, 15) is 26.4 Å². The Morgan fingerprint density at radius 2 is 0.988 bits per heavy atom. The van der Waals surface area contributed by atoms with E-state index in [1.54, 1.807) is 54.6 Å². The Hall–Kier alpha value is -4.04. The molecular formula is C56H70Cl4N6O12S2. The summed E-state index contributed by atoms with van der Waals surface area (Å²) in [4.78, 5) is 30.0. The number of nitrogens with one attached hydrogen (secondary N) is 3. The van der Waals surface area contributed by atoms with Crippen LogP contribution in [0.4, 0.5) is 0 Å². The largest absolute Gasteiger partial charge is 0.379 e. The molecule has 2 aliphatic heterocycles. The van der Waals surface area contributed by atoms with Gasteiger partial charge in [0.15, 0.2) is 0 Å². The maximum absolute atomic E-state index is 13.0. The minimum Gasteiger partial charge on any atom is -0.379 e. The van der Waals surface area contributed by atoms with Crippen molar-refractivity contribution >= 4 is 78.3 Å². The predicted octanol–water partition coefficient (Wildman–Crippen LogP) is 6.68. The summed E-state index contributed by atoms with van der Waals surface area (Å²) >= 11 is 25.7. The molecule has 24 heteroatoms. The van der Waals surface area contributed by atoms with Gasteiger partial charge in [-0.1, -0.05) is 88.9 Å². The van der Waals surface area contributed by atoms with Gasteiger partial charge in [-0.05, 0) is 109 Å². The second kappa shape index (κ2) is 30.5. The summed E-state index contributed by atoms with van der Waals surface area (Å²) in [6, 6.07) is 21.0. The number of ether oxygens (including phenoxy) is 6. The van der Waals surface area contributed by atoms with Gasteiger partial charge in [0.25, 0.3) is 5.91 Å². The second-order valence-electron chi connectivity index (χ2n) is 19.7. The molecule has 0 fully saturated rings. The number of likely N-dealkylation sites (N-methyl/N-ethyl adjacent to an activating group) is 2. The molecule has 0 radical (unpaired) electrons. The molecule has 3 aliphatic rings. The fourth-order valence-corrected chi connectivity index (χ4v) is 12.9. The monoisotopic (exact) mass is 1220 g/mol. The molecule has 4 aromatic carbocycles. The Morgan fingerprint density at radius 1 is 0.588 bits per heavy atom. The maximum Gasteiger partial charge on any atom is 0.251 e. The lowest BCUT2D eigenvalue weighted by atomic mass is 9.76. The first kappa shape index (κ1) is 63.5. The normalized spacial score (nSPS) is 18.6. The highest BCUT2D eigenvalue weighted by molar-refractivity contribution is 7.89. The van der Waals surface area contributed by atoms with Crippen molar-refractivity contribution in [2.45, 2.75) is 47.6 Å². The molecule has 0 saturated carbocycles. The predicted molar refractivity (Wildman–Crippen MR) is 309 cm³/mol. The summed E-state index contributed by atoms with van der Waals surface area (Å²) < 4.78 is 90.5. The average Bonchev–Trinajstić information content (AvgIpc) is 3.48. The summed E-state index contributed by atoms with van der Waals surface area (Å²) in [6.45, 7) is 6.37.